The number of aryl methyl sites for hydroxylation is 1. The van der Waals surface area contributed by atoms with E-state index in [2.05, 4.69) is 4.98 Å². The summed E-state index contributed by atoms with van der Waals surface area (Å²) in [6.45, 7) is 0. The molecule has 3 heteroatoms. The molecule has 1 aromatic heterocycles. The normalized spacial score (nSPS) is 18.8. The molecule has 0 saturated carbocycles. The number of fused-ring (bicyclic) bond motifs is 1. The highest BCUT2D eigenvalue weighted by molar-refractivity contribution is 6.08. The minimum Gasteiger partial charge on any atom is -0.383 e. The lowest BCUT2D eigenvalue weighted by atomic mass is 10.1. The maximum Gasteiger partial charge on any atom is 0.206 e. The van der Waals surface area contributed by atoms with E-state index in [1.807, 2.05) is 37.5 Å². The van der Waals surface area contributed by atoms with E-state index in [1.54, 1.807) is 0 Å². The third-order valence-electron chi connectivity index (χ3n) is 2.66. The van der Waals surface area contributed by atoms with Crippen LogP contribution in [0, 0.1) is 0 Å². The van der Waals surface area contributed by atoms with Crippen LogP contribution in [-0.2, 0) is 6.42 Å². The van der Waals surface area contributed by atoms with E-state index in [-0.39, 0.29) is 5.78 Å². The van der Waals surface area contributed by atoms with Crippen LogP contribution in [0.3, 0.4) is 0 Å². The van der Waals surface area contributed by atoms with Crippen molar-refractivity contribution in [1.82, 2.24) is 9.88 Å². The Morgan fingerprint density at radius 3 is 2.93 bits per heavy atom. The van der Waals surface area contributed by atoms with Crippen molar-refractivity contribution >= 4 is 5.78 Å². The first kappa shape index (κ1) is 10.0. The van der Waals surface area contributed by atoms with Crippen LogP contribution in [0.15, 0.2) is 24.0 Å². The van der Waals surface area contributed by atoms with Crippen molar-refractivity contribution < 1.29 is 4.79 Å². The van der Waals surface area contributed by atoms with E-state index in [1.165, 1.54) is 0 Å². The monoisotopic (exact) mass is 204 g/mol. The van der Waals surface area contributed by atoms with Crippen molar-refractivity contribution in [1.29, 1.82) is 0 Å². The third-order valence-corrected chi connectivity index (χ3v) is 2.66. The van der Waals surface area contributed by atoms with E-state index in [9.17, 15) is 4.79 Å². The van der Waals surface area contributed by atoms with Gasteiger partial charge in [-0.05, 0) is 30.9 Å². The summed E-state index contributed by atoms with van der Waals surface area (Å²) >= 11 is 0. The van der Waals surface area contributed by atoms with Gasteiger partial charge in [-0.1, -0.05) is 0 Å². The van der Waals surface area contributed by atoms with Crippen molar-refractivity contribution in [3.63, 3.8) is 0 Å². The molecule has 0 radical (unpaired) electrons. The molecule has 0 saturated heterocycles. The maximum absolute atomic E-state index is 12.1. The number of rotatable bonds is 1. The number of ketones is 1. The van der Waals surface area contributed by atoms with Crippen LogP contribution in [0.1, 0.15) is 28.9 Å². The summed E-state index contributed by atoms with van der Waals surface area (Å²) in [5.41, 5.74) is 2.84. The van der Waals surface area contributed by atoms with Gasteiger partial charge in [-0.3, -0.25) is 4.79 Å². The maximum atomic E-state index is 12.1. The Kier molecular flexibility index (Phi) is 2.62. The molecular formula is C12H16N2O. The average Bonchev–Trinajstić information content (AvgIpc) is 2.58. The lowest BCUT2D eigenvalue weighted by molar-refractivity contribution is 0.102. The fourth-order valence-corrected chi connectivity index (χ4v) is 2.00. The summed E-state index contributed by atoms with van der Waals surface area (Å²) in [5, 5.41) is 0. The summed E-state index contributed by atoms with van der Waals surface area (Å²) in [7, 11) is 3.89. The number of carbonyl (C=O) groups excluding carboxylic acids is 1. The van der Waals surface area contributed by atoms with Gasteiger partial charge in [0.05, 0.1) is 5.69 Å². The van der Waals surface area contributed by atoms with Gasteiger partial charge in [0, 0.05) is 32.1 Å². The molecule has 3 nitrogen and oxygen atoms in total. The van der Waals surface area contributed by atoms with Gasteiger partial charge in [-0.25, -0.2) is 0 Å². The molecule has 1 aliphatic rings. The van der Waals surface area contributed by atoms with Crippen LogP contribution in [-0.4, -0.2) is 29.8 Å². The Hall–Kier alpha value is -1.51. The molecule has 0 aromatic carbocycles. The lowest BCUT2D eigenvalue weighted by Gasteiger charge is -2.08. The molecule has 0 atom stereocenters. The molecule has 1 heterocycles. The van der Waals surface area contributed by atoms with Gasteiger partial charge >= 0.3 is 0 Å². The number of H-pyrrole nitrogens is 1. The van der Waals surface area contributed by atoms with Crippen LogP contribution < -0.4 is 0 Å². The number of aromatic amines is 1. The molecule has 0 aliphatic heterocycles. The van der Waals surface area contributed by atoms with E-state index >= 15 is 0 Å². The molecule has 0 bridgehead atoms. The highest BCUT2D eigenvalue weighted by Crippen LogP contribution is 2.23. The number of nitrogens with one attached hydrogen (secondary N) is 1. The quantitative estimate of drug-likeness (QED) is 0.561. The van der Waals surface area contributed by atoms with Crippen LogP contribution in [0.4, 0.5) is 0 Å². The van der Waals surface area contributed by atoms with Crippen molar-refractivity contribution in [3.8, 4) is 0 Å². The second-order valence-electron chi connectivity index (χ2n) is 4.18. The molecule has 0 fully saturated rings. The van der Waals surface area contributed by atoms with Crippen LogP contribution >= 0.6 is 0 Å². The predicted molar refractivity (Wildman–Crippen MR) is 59.8 cm³/mol. The largest absolute Gasteiger partial charge is 0.383 e. The number of nitrogens with zero attached hydrogens (tertiary/aromatic N) is 1. The minimum absolute atomic E-state index is 0.154. The smallest absolute Gasteiger partial charge is 0.206 e. The fourth-order valence-electron chi connectivity index (χ4n) is 2.00. The van der Waals surface area contributed by atoms with Gasteiger partial charge in [-0.2, -0.15) is 0 Å². The Bertz CT molecular complexity index is 402. The molecular weight excluding hydrogens is 188 g/mol. The Morgan fingerprint density at radius 1 is 1.40 bits per heavy atom. The molecule has 0 amide bonds. The summed E-state index contributed by atoms with van der Waals surface area (Å²) in [6.07, 6.45) is 6.70. The summed E-state index contributed by atoms with van der Waals surface area (Å²) in [6, 6.07) is 2.01. The zero-order valence-electron chi connectivity index (χ0n) is 9.21. The van der Waals surface area contributed by atoms with Crippen LogP contribution in [0.5, 0.6) is 0 Å². The summed E-state index contributed by atoms with van der Waals surface area (Å²) in [4.78, 5) is 17.1. The first-order valence-electron chi connectivity index (χ1n) is 5.26. The third kappa shape index (κ3) is 1.96. The fraction of sp³-hybridized carbons (Fsp3) is 0.417. The Balaban J connectivity index is 2.36. The van der Waals surface area contributed by atoms with Crippen molar-refractivity contribution in [2.45, 2.75) is 19.3 Å². The van der Waals surface area contributed by atoms with Crippen LogP contribution in [0.2, 0.25) is 0 Å². The first-order chi connectivity index (χ1) is 7.18. The molecule has 0 unspecified atom stereocenters. The molecule has 1 N–H and O–H groups in total. The van der Waals surface area contributed by atoms with Crippen molar-refractivity contribution in [2.75, 3.05) is 14.1 Å². The molecule has 15 heavy (non-hydrogen) atoms. The Labute approximate surface area is 89.8 Å². The predicted octanol–water partition coefficient (Wildman–Crippen LogP) is 1.98. The number of hydrogen-bond acceptors (Lipinski definition) is 2. The zero-order valence-corrected chi connectivity index (χ0v) is 9.21. The minimum atomic E-state index is 0.154. The highest BCUT2D eigenvalue weighted by Gasteiger charge is 2.20. The van der Waals surface area contributed by atoms with Crippen molar-refractivity contribution in [2.24, 2.45) is 0 Å². The SMILES string of the molecule is CN(C)C=C1CCCc2cc[nH]c2C1=O. The summed E-state index contributed by atoms with van der Waals surface area (Å²) in [5.74, 6) is 0.154. The Morgan fingerprint density at radius 2 is 2.20 bits per heavy atom. The average molecular weight is 204 g/mol. The zero-order chi connectivity index (χ0) is 10.8. The lowest BCUT2D eigenvalue weighted by Crippen LogP contribution is -2.09. The van der Waals surface area contributed by atoms with Gasteiger partial charge in [0.25, 0.3) is 0 Å². The number of allylic oxidation sites excluding steroid dienone is 1. The number of hydrogen-bond donors (Lipinski definition) is 1. The van der Waals surface area contributed by atoms with Gasteiger partial charge in [0.2, 0.25) is 5.78 Å². The van der Waals surface area contributed by atoms with Crippen LogP contribution in [0.25, 0.3) is 0 Å². The topological polar surface area (TPSA) is 36.1 Å². The summed E-state index contributed by atoms with van der Waals surface area (Å²) < 4.78 is 0. The number of Topliss-reactive ketones (excluding diaryl/α,β-unsaturated/α-hetero) is 1. The molecule has 2 rings (SSSR count). The number of aromatic nitrogens is 1. The first-order valence-corrected chi connectivity index (χ1v) is 5.26. The van der Waals surface area contributed by atoms with Gasteiger partial charge in [-0.15, -0.1) is 0 Å². The second-order valence-corrected chi connectivity index (χ2v) is 4.18. The van der Waals surface area contributed by atoms with Crippen molar-refractivity contribution in [3.05, 3.63) is 35.3 Å². The second kappa shape index (κ2) is 3.93. The molecule has 1 aromatic rings. The van der Waals surface area contributed by atoms with Gasteiger partial charge in [0.15, 0.2) is 0 Å². The highest BCUT2D eigenvalue weighted by atomic mass is 16.1. The van der Waals surface area contributed by atoms with E-state index in [0.29, 0.717) is 0 Å². The van der Waals surface area contributed by atoms with Gasteiger partial charge < -0.3 is 9.88 Å². The molecule has 0 spiro atoms. The molecule has 80 valence electrons. The number of carbonyl (C=O) groups is 1. The van der Waals surface area contributed by atoms with Gasteiger partial charge in [0.1, 0.15) is 0 Å². The standard InChI is InChI=1S/C12H16N2O/c1-14(2)8-10-5-3-4-9-6-7-13-11(9)12(10)15/h6-8,13H,3-5H2,1-2H3. The van der Waals surface area contributed by atoms with E-state index in [4.69, 9.17) is 0 Å². The van der Waals surface area contributed by atoms with E-state index < -0.39 is 0 Å². The van der Waals surface area contributed by atoms with E-state index in [0.717, 1.165) is 36.1 Å². The molecule has 1 aliphatic carbocycles.